The van der Waals surface area contributed by atoms with Crippen molar-refractivity contribution in [2.45, 2.75) is 137 Å². The van der Waals surface area contributed by atoms with Crippen LogP contribution in [0.15, 0.2) is 274 Å². The predicted octanol–water partition coefficient (Wildman–Crippen LogP) is 15.3. The maximum absolute atomic E-state index is 13.3. The fraction of sp³-hybridized carbons (Fsp3) is 0.267. The highest BCUT2D eigenvalue weighted by molar-refractivity contribution is 7.90. The van der Waals surface area contributed by atoms with Gasteiger partial charge in [0.05, 0.1) is 32.4 Å². The van der Waals surface area contributed by atoms with Crippen molar-refractivity contribution in [2.75, 3.05) is 65.3 Å². The molecule has 5 heterocycles. The van der Waals surface area contributed by atoms with E-state index < -0.39 is 81.1 Å². The quantitative estimate of drug-likeness (QED) is 0.0177. The molecule has 0 aromatic heterocycles. The van der Waals surface area contributed by atoms with Gasteiger partial charge in [-0.1, -0.05) is 161 Å². The third-order valence-corrected chi connectivity index (χ3v) is 35.0. The van der Waals surface area contributed by atoms with Crippen molar-refractivity contribution in [1.82, 2.24) is 38.0 Å². The Morgan fingerprint density at radius 1 is 0.359 bits per heavy atom. The Morgan fingerprint density at radius 3 is 1.15 bits per heavy atom. The van der Waals surface area contributed by atoms with Crippen LogP contribution in [0.1, 0.15) is 160 Å². The van der Waals surface area contributed by atoms with Crippen molar-refractivity contribution in [3.63, 3.8) is 0 Å². The number of Topliss-reactive ketones (excluding diaryl/α,β-unsaturated/α-hetero) is 2. The second kappa shape index (κ2) is 46.8. The molecule has 17 rings (SSSR count). The molecule has 0 saturated heterocycles. The molecule has 8 N–H and O–H groups in total. The van der Waals surface area contributed by atoms with E-state index in [1.807, 2.05) is 67.6 Å². The van der Waals surface area contributed by atoms with Crippen molar-refractivity contribution in [3.05, 3.63) is 360 Å². The molecule has 0 aliphatic carbocycles. The molecule has 746 valence electrons. The Morgan fingerprint density at radius 2 is 0.711 bits per heavy atom. The number of amides is 3. The molecule has 0 fully saturated rings. The molecule has 3 amide bonds. The summed E-state index contributed by atoms with van der Waals surface area (Å²) in [4.78, 5) is 59.2. The highest BCUT2D eigenvalue weighted by Gasteiger charge is 2.36. The molecular weight excluding hydrogens is 1940 g/mol. The number of nitrogens with one attached hydrogen (secondary N) is 3. The summed E-state index contributed by atoms with van der Waals surface area (Å²) in [6.07, 6.45) is 5.50. The van der Waals surface area contributed by atoms with E-state index in [9.17, 15) is 74.8 Å². The first-order valence-electron chi connectivity index (χ1n) is 45.7. The van der Waals surface area contributed by atoms with Crippen molar-refractivity contribution >= 4 is 91.0 Å². The second-order valence-electron chi connectivity index (χ2n) is 35.4. The molecule has 0 saturated carbocycles. The van der Waals surface area contributed by atoms with Gasteiger partial charge in [0.2, 0.25) is 50.1 Å². The van der Waals surface area contributed by atoms with Crippen molar-refractivity contribution in [3.8, 4) is 39.1 Å². The van der Waals surface area contributed by atoms with Gasteiger partial charge in [0.25, 0.3) is 17.7 Å². The zero-order valence-corrected chi connectivity index (χ0v) is 83.3. The van der Waals surface area contributed by atoms with Crippen molar-refractivity contribution in [1.29, 1.82) is 0 Å². The number of methoxy groups -OCH3 is 1. The number of ether oxygens (including phenoxy) is 1. The number of benzene rings is 12. The first-order chi connectivity index (χ1) is 67.7. The summed E-state index contributed by atoms with van der Waals surface area (Å²) in [6.45, 7) is 10.0. The third-order valence-electron chi connectivity index (χ3n) is 25.2. The van der Waals surface area contributed by atoms with E-state index in [4.69, 9.17) is 42.2 Å². The lowest BCUT2D eigenvalue weighted by molar-refractivity contribution is 0.0702. The van der Waals surface area contributed by atoms with E-state index in [0.29, 0.717) is 146 Å². The van der Waals surface area contributed by atoms with Crippen LogP contribution in [0.4, 0.5) is 8.78 Å². The minimum absolute atomic E-state index is 0.0393. The number of hydrogen-bond donors (Lipinski definition) is 8. The SMILES string of the molecule is CC(C)(C)c1ccc(S(=O)(=O)N2CCCc3cc(C(=O)NO)ccc3C2)cc1.CCCS(=O)(=O)N1CCCc2cc(C(=O)NO)ccc2C1.COc1ccc(-c2ccc(S(=O)(=O)N3CCc4ccc(C(=O)CO)cc4CC3)cc2)cc1.O=C(CO)c1ccc2c(c1)CCN(S(=O)(=O)c1cccc(-c3ccc(F)cc3)c1)CC2.O=C(NO)c1cc(Cl)c2c(c1)CN(S(=O)(=O)c1cccc(-c3ccc(F)cc3)c1)C2. The monoisotopic (exact) mass is 2050 g/mol. The van der Waals surface area contributed by atoms with Gasteiger partial charge in [-0.2, -0.15) is 21.5 Å². The van der Waals surface area contributed by atoms with E-state index in [2.05, 4.69) is 20.8 Å². The van der Waals surface area contributed by atoms with Gasteiger partial charge in [-0.05, 0) is 291 Å². The molecule has 142 heavy (non-hydrogen) atoms. The van der Waals surface area contributed by atoms with Crippen LogP contribution in [0.25, 0.3) is 33.4 Å². The Balaban J connectivity index is 0.000000150. The first kappa shape index (κ1) is 107. The summed E-state index contributed by atoms with van der Waals surface area (Å²) in [5, 5.41) is 44.7. The number of aliphatic hydroxyl groups is 2. The van der Waals surface area contributed by atoms with Gasteiger partial charge >= 0.3 is 0 Å². The zero-order chi connectivity index (χ0) is 102. The van der Waals surface area contributed by atoms with E-state index in [0.717, 1.165) is 85.4 Å². The van der Waals surface area contributed by atoms with Crippen LogP contribution >= 0.6 is 11.6 Å². The van der Waals surface area contributed by atoms with Crippen LogP contribution in [-0.2, 0) is 120 Å². The van der Waals surface area contributed by atoms with Gasteiger partial charge in [0.1, 0.15) is 30.6 Å². The number of halogens is 3. The Bertz CT molecular complexity index is 7270. The van der Waals surface area contributed by atoms with Gasteiger partial charge in [-0.15, -0.1) is 0 Å². The topological polar surface area (TPSA) is 419 Å². The molecule has 0 atom stereocenters. The van der Waals surface area contributed by atoms with E-state index in [1.165, 1.54) is 75.5 Å². The summed E-state index contributed by atoms with van der Waals surface area (Å²) < 4.78 is 169. The molecule has 0 radical (unpaired) electrons. The summed E-state index contributed by atoms with van der Waals surface area (Å²) in [5.41, 5.74) is 21.1. The minimum Gasteiger partial charge on any atom is -0.497 e. The molecule has 37 heteroatoms. The summed E-state index contributed by atoms with van der Waals surface area (Å²) >= 11 is 6.24. The summed E-state index contributed by atoms with van der Waals surface area (Å²) in [6, 6.07) is 70.1. The maximum atomic E-state index is 13.3. The van der Waals surface area contributed by atoms with Crippen molar-refractivity contribution < 1.29 is 105 Å². The smallest absolute Gasteiger partial charge is 0.274 e. The van der Waals surface area contributed by atoms with Crippen LogP contribution in [0.3, 0.4) is 0 Å². The number of carbonyl (C=O) groups is 5. The number of aliphatic hydroxyl groups excluding tert-OH is 2. The number of rotatable bonds is 22. The van der Waals surface area contributed by atoms with Crippen LogP contribution in [0, 0.1) is 11.6 Å². The van der Waals surface area contributed by atoms with E-state index >= 15 is 0 Å². The highest BCUT2D eigenvalue weighted by Crippen LogP contribution is 2.38. The van der Waals surface area contributed by atoms with Crippen molar-refractivity contribution in [2.24, 2.45) is 0 Å². The lowest BCUT2D eigenvalue weighted by atomic mass is 9.87. The normalized spacial score (nSPS) is 14.8. The molecule has 0 spiro atoms. The third kappa shape index (κ3) is 25.8. The zero-order valence-electron chi connectivity index (χ0n) is 78.5. The largest absolute Gasteiger partial charge is 0.497 e. The number of sulfonamides is 5. The first-order valence-corrected chi connectivity index (χ1v) is 53.4. The number of ketones is 2. The number of hydrogen-bond acceptors (Lipinski definition) is 21. The molecule has 12 aromatic rings. The van der Waals surface area contributed by atoms with E-state index in [-0.39, 0.29) is 79.3 Å². The van der Waals surface area contributed by atoms with Gasteiger partial charge in [-0.3, -0.25) is 39.6 Å². The predicted molar refractivity (Wildman–Crippen MR) is 533 cm³/mol. The van der Waals surface area contributed by atoms with Crippen LogP contribution in [0.2, 0.25) is 5.02 Å². The summed E-state index contributed by atoms with van der Waals surface area (Å²) in [7, 11) is -16.4. The Labute approximate surface area is 830 Å². The minimum atomic E-state index is -3.85. The number of aryl methyl sites for hydroxylation is 2. The van der Waals surface area contributed by atoms with E-state index in [1.54, 1.807) is 164 Å². The number of carbonyl (C=O) groups excluding carboxylic acids is 5. The average molecular weight is 2050 g/mol. The molecular formula is C105H109ClF2N8O21S5. The fourth-order valence-electron chi connectivity index (χ4n) is 17.2. The van der Waals surface area contributed by atoms with Crippen LogP contribution in [0.5, 0.6) is 5.75 Å². The van der Waals surface area contributed by atoms with Gasteiger partial charge in [0.15, 0.2) is 11.6 Å². The van der Waals surface area contributed by atoms with Crippen LogP contribution < -0.4 is 21.2 Å². The number of hydroxylamine groups is 3. The Hall–Kier alpha value is -12.3. The molecule has 5 aliphatic heterocycles. The number of fused-ring (bicyclic) bond motifs is 5. The van der Waals surface area contributed by atoms with Gasteiger partial charge < -0.3 is 14.9 Å². The number of nitrogens with zero attached hydrogens (tertiary/aromatic N) is 5. The Kier molecular flexibility index (Phi) is 35.3. The highest BCUT2D eigenvalue weighted by atomic mass is 35.5. The average Bonchev–Trinajstić information content (AvgIpc) is 1.61. The molecule has 12 aromatic carbocycles. The van der Waals surface area contributed by atoms with Crippen LogP contribution in [-0.4, -0.2) is 184 Å². The molecule has 5 aliphatic rings. The van der Waals surface area contributed by atoms with Gasteiger partial charge in [-0.25, -0.2) is 67.3 Å². The maximum Gasteiger partial charge on any atom is 0.274 e. The lowest BCUT2D eigenvalue weighted by Crippen LogP contribution is -2.33. The fourth-order valence-corrected chi connectivity index (χ4v) is 24.8. The summed E-state index contributed by atoms with van der Waals surface area (Å²) in [5.74, 6) is -2.34. The molecule has 0 bridgehead atoms. The van der Waals surface area contributed by atoms with Gasteiger partial charge in [0, 0.05) is 98.3 Å². The standard InChI is InChI=1S/C25H25NO5S.C24H22FNO4S.C21H16ClFN2O4S.C21H26N2O4S.C14H20N2O4S/c1-31-23-8-4-18(5-9-23)19-6-10-24(11-7-19)32(29,30)26-14-12-20-2-3-22(25(28)17-27)16-21(20)13-15-26;25-22-8-6-17(7-9-22)19-2-1-3-23(15-19)31(29,30)26-12-10-18-4-5-21(24(28)16-27)14-20(18)11-13-26;22-20-10-15(21(26)24-27)8-16-11-25(12-19(16)20)30(28,29)18-3-1-2-14(9-18)13-4-6-17(23)7-5-13;1-21(2,3)18-8-10-19(11-9-18)28(26,27)23-12-4-5-15-13-16(20(24)22-25)6-7-17(15)14-23;1-2-8-21(19,20)16-7-3-4-11-9-12(14(17)15-18)5-6-13(11)10-16/h2-11,16,27H,12-15,17H2,1H3;1-9,14-15,27H,10-13,16H2;1-10,27H,11-12H2,(H,24,26);6-11,13,25H,4-5,12,14H2,1-3H3,(H,22,24);5-6,9,18H,2-4,7-8,10H2,1H3,(H,15,17). The second-order valence-corrected chi connectivity index (χ2v) is 45.6. The molecule has 29 nitrogen and oxygen atoms in total. The lowest BCUT2D eigenvalue weighted by Gasteiger charge is -2.22. The molecule has 0 unspecified atom stereocenters.